The molecule has 0 fully saturated rings. The molecule has 0 bridgehead atoms. The van der Waals surface area contributed by atoms with Crippen LogP contribution in [0.4, 0.5) is 0 Å². The quantitative estimate of drug-likeness (QED) is 0.228. The lowest BCUT2D eigenvalue weighted by Gasteiger charge is -2.16. The molecule has 0 radical (unpaired) electrons. The summed E-state index contributed by atoms with van der Waals surface area (Å²) in [4.78, 5) is 23.5. The van der Waals surface area contributed by atoms with Crippen molar-refractivity contribution in [3.05, 3.63) is 51.0 Å². The lowest BCUT2D eigenvalue weighted by molar-refractivity contribution is 0.0531. The number of halogens is 1. The molecule has 2 N–H and O–H groups in total. The van der Waals surface area contributed by atoms with Gasteiger partial charge in [0.2, 0.25) is 0 Å². The van der Waals surface area contributed by atoms with Crippen LogP contribution in [0.25, 0.3) is 0 Å². The number of hydrogen-bond donors (Lipinski definition) is 2. The van der Waals surface area contributed by atoms with Crippen LogP contribution in [0, 0.1) is 6.92 Å². The zero-order valence-electron chi connectivity index (χ0n) is 18.5. The Balaban J connectivity index is 0.00000450. The molecule has 2 aromatic rings. The number of nitrogens with one attached hydrogen (secondary N) is 2. The first-order valence-corrected chi connectivity index (χ1v) is 10.5. The summed E-state index contributed by atoms with van der Waals surface area (Å²) in [6.07, 6.45) is 0. The Kier molecular flexibility index (Phi) is 11.3. The van der Waals surface area contributed by atoms with Crippen molar-refractivity contribution in [3.63, 3.8) is 0 Å². The highest BCUT2D eigenvalue weighted by Crippen LogP contribution is 2.24. The summed E-state index contributed by atoms with van der Waals surface area (Å²) < 4.78 is 5.09. The van der Waals surface area contributed by atoms with Gasteiger partial charge in [-0.15, -0.1) is 35.3 Å². The maximum absolute atomic E-state index is 12.0. The molecule has 2 rings (SSSR count). The third-order valence-corrected chi connectivity index (χ3v) is 5.52. The predicted molar refractivity (Wildman–Crippen MR) is 134 cm³/mol. The number of aryl methyl sites for hydroxylation is 1. The first-order valence-electron chi connectivity index (χ1n) is 9.68. The van der Waals surface area contributed by atoms with Crippen LogP contribution >= 0.6 is 35.3 Å². The maximum atomic E-state index is 12.0. The number of esters is 1. The number of rotatable bonds is 8. The number of benzene rings is 1. The second kappa shape index (κ2) is 12.9. The van der Waals surface area contributed by atoms with Crippen LogP contribution in [0.2, 0.25) is 0 Å². The third kappa shape index (κ3) is 7.84. The largest absolute Gasteiger partial charge is 0.462 e. The molecule has 1 unspecified atom stereocenters. The standard InChI is InChI=1S/C21H31N5O2S.HI/c1-7-28-20(27)18-14(2)24-19(29-18)15(3)25-21(22-4)23-12-16-8-10-17(11-9-16)13-26(5)6;/h8-11,15H,7,12-13H2,1-6H3,(H2,22,23,25);1H. The van der Waals surface area contributed by atoms with E-state index in [-0.39, 0.29) is 36.0 Å². The summed E-state index contributed by atoms with van der Waals surface area (Å²) in [6, 6.07) is 8.45. The van der Waals surface area contributed by atoms with Gasteiger partial charge >= 0.3 is 5.97 Å². The van der Waals surface area contributed by atoms with E-state index in [1.165, 1.54) is 22.5 Å². The number of ether oxygens (including phenoxy) is 1. The van der Waals surface area contributed by atoms with Crippen LogP contribution in [0.1, 0.15) is 51.4 Å². The highest BCUT2D eigenvalue weighted by molar-refractivity contribution is 14.0. The minimum absolute atomic E-state index is 0. The van der Waals surface area contributed by atoms with Gasteiger partial charge in [-0.25, -0.2) is 9.78 Å². The Morgan fingerprint density at radius 2 is 1.90 bits per heavy atom. The Hall–Kier alpha value is -1.72. The molecule has 30 heavy (non-hydrogen) atoms. The molecular weight excluding hydrogens is 513 g/mol. The van der Waals surface area contributed by atoms with Crippen molar-refractivity contribution in [3.8, 4) is 0 Å². The molecule has 7 nitrogen and oxygen atoms in total. The van der Waals surface area contributed by atoms with E-state index in [1.807, 2.05) is 13.8 Å². The number of carbonyl (C=O) groups is 1. The van der Waals surface area contributed by atoms with Crippen molar-refractivity contribution in [1.82, 2.24) is 20.5 Å². The molecule has 0 aliphatic heterocycles. The maximum Gasteiger partial charge on any atom is 0.350 e. The molecule has 1 aromatic carbocycles. The second-order valence-electron chi connectivity index (χ2n) is 7.03. The highest BCUT2D eigenvalue weighted by Gasteiger charge is 2.20. The molecule has 0 saturated carbocycles. The molecule has 9 heteroatoms. The Bertz CT molecular complexity index is 836. The van der Waals surface area contributed by atoms with E-state index in [2.05, 4.69) is 63.9 Å². The van der Waals surface area contributed by atoms with Gasteiger partial charge in [-0.3, -0.25) is 4.99 Å². The van der Waals surface area contributed by atoms with Crippen molar-refractivity contribution >= 4 is 47.2 Å². The number of guanidine groups is 1. The number of aromatic nitrogens is 1. The molecule has 1 heterocycles. The van der Waals surface area contributed by atoms with Crippen LogP contribution in [-0.2, 0) is 17.8 Å². The summed E-state index contributed by atoms with van der Waals surface area (Å²) in [5.74, 6) is 0.363. The second-order valence-corrected chi connectivity index (χ2v) is 8.06. The smallest absolute Gasteiger partial charge is 0.350 e. The van der Waals surface area contributed by atoms with Crippen LogP contribution < -0.4 is 10.6 Å². The van der Waals surface area contributed by atoms with Crippen LogP contribution in [0.15, 0.2) is 29.3 Å². The van der Waals surface area contributed by atoms with E-state index in [4.69, 9.17) is 4.74 Å². The van der Waals surface area contributed by atoms with Gasteiger partial charge in [0.15, 0.2) is 5.96 Å². The van der Waals surface area contributed by atoms with E-state index in [1.54, 1.807) is 14.0 Å². The molecular formula is C21H32IN5O2S. The third-order valence-electron chi connectivity index (χ3n) is 4.20. The molecule has 166 valence electrons. The lowest BCUT2D eigenvalue weighted by atomic mass is 10.1. The average molecular weight is 545 g/mol. The first kappa shape index (κ1) is 26.3. The van der Waals surface area contributed by atoms with E-state index in [0.29, 0.717) is 29.7 Å². The van der Waals surface area contributed by atoms with Gasteiger partial charge in [0.05, 0.1) is 18.3 Å². The van der Waals surface area contributed by atoms with E-state index in [9.17, 15) is 4.79 Å². The molecule has 0 amide bonds. The fraction of sp³-hybridized carbons (Fsp3) is 0.476. The van der Waals surface area contributed by atoms with Crippen molar-refractivity contribution in [2.24, 2.45) is 4.99 Å². The van der Waals surface area contributed by atoms with Crippen LogP contribution in [0.5, 0.6) is 0 Å². The summed E-state index contributed by atoms with van der Waals surface area (Å²) in [6.45, 7) is 7.56. The van der Waals surface area contributed by atoms with Gasteiger partial charge in [-0.2, -0.15) is 0 Å². The minimum atomic E-state index is -0.318. The van der Waals surface area contributed by atoms with Gasteiger partial charge in [0, 0.05) is 20.1 Å². The van der Waals surface area contributed by atoms with E-state index in [0.717, 1.165) is 11.6 Å². The average Bonchev–Trinajstić information content (AvgIpc) is 3.08. The van der Waals surface area contributed by atoms with Gasteiger partial charge in [0.25, 0.3) is 0 Å². The highest BCUT2D eigenvalue weighted by atomic mass is 127. The molecule has 1 aromatic heterocycles. The van der Waals surface area contributed by atoms with Gasteiger partial charge in [-0.05, 0) is 46.0 Å². The van der Waals surface area contributed by atoms with Crippen LogP contribution in [0.3, 0.4) is 0 Å². The fourth-order valence-corrected chi connectivity index (χ4v) is 3.73. The lowest BCUT2D eigenvalue weighted by Crippen LogP contribution is -2.38. The SMILES string of the molecule is CCOC(=O)c1sc(C(C)NC(=NC)NCc2ccc(CN(C)C)cc2)nc1C.I. The van der Waals surface area contributed by atoms with E-state index >= 15 is 0 Å². The molecule has 0 spiro atoms. The number of nitrogens with zero attached hydrogens (tertiary/aromatic N) is 3. The molecule has 1 atom stereocenters. The van der Waals surface area contributed by atoms with Crippen molar-refractivity contribution in [2.75, 3.05) is 27.7 Å². The van der Waals surface area contributed by atoms with Crippen molar-refractivity contribution < 1.29 is 9.53 Å². The molecule has 0 aliphatic rings. The number of aliphatic imine (C=N–C) groups is 1. The summed E-state index contributed by atoms with van der Waals surface area (Å²) >= 11 is 1.35. The monoisotopic (exact) mass is 545 g/mol. The van der Waals surface area contributed by atoms with Crippen LogP contribution in [-0.4, -0.2) is 49.6 Å². The predicted octanol–water partition coefficient (Wildman–Crippen LogP) is 3.73. The van der Waals surface area contributed by atoms with Gasteiger partial charge in [-0.1, -0.05) is 24.3 Å². The van der Waals surface area contributed by atoms with Crippen molar-refractivity contribution in [2.45, 2.75) is 39.9 Å². The normalized spacial score (nSPS) is 12.3. The summed E-state index contributed by atoms with van der Waals surface area (Å²) in [5, 5.41) is 7.48. The number of carbonyl (C=O) groups excluding carboxylic acids is 1. The Labute approximate surface area is 200 Å². The topological polar surface area (TPSA) is 78.8 Å². The van der Waals surface area contributed by atoms with Crippen molar-refractivity contribution in [1.29, 1.82) is 0 Å². The zero-order chi connectivity index (χ0) is 21.4. The first-order chi connectivity index (χ1) is 13.8. The number of thiazole rings is 1. The fourth-order valence-electron chi connectivity index (χ4n) is 2.76. The van der Waals surface area contributed by atoms with E-state index < -0.39 is 0 Å². The Morgan fingerprint density at radius 3 is 2.47 bits per heavy atom. The minimum Gasteiger partial charge on any atom is -0.462 e. The van der Waals surface area contributed by atoms with Gasteiger partial charge < -0.3 is 20.3 Å². The van der Waals surface area contributed by atoms with Gasteiger partial charge in [0.1, 0.15) is 9.88 Å². The summed E-state index contributed by atoms with van der Waals surface area (Å²) in [7, 11) is 5.86. The molecule has 0 saturated heterocycles. The summed E-state index contributed by atoms with van der Waals surface area (Å²) in [5.41, 5.74) is 3.15. The Morgan fingerprint density at radius 1 is 1.27 bits per heavy atom. The zero-order valence-corrected chi connectivity index (χ0v) is 21.6. The number of hydrogen-bond acceptors (Lipinski definition) is 6. The molecule has 0 aliphatic carbocycles.